The summed E-state index contributed by atoms with van der Waals surface area (Å²) >= 11 is 0. The van der Waals surface area contributed by atoms with Crippen LogP contribution in [0.4, 0.5) is 5.95 Å². The van der Waals surface area contributed by atoms with Crippen molar-refractivity contribution in [3.8, 4) is 6.07 Å². The second-order valence-electron chi connectivity index (χ2n) is 2.83. The summed E-state index contributed by atoms with van der Waals surface area (Å²) in [6.45, 7) is 2.54. The van der Waals surface area contributed by atoms with E-state index in [9.17, 15) is 0 Å². The van der Waals surface area contributed by atoms with Crippen LogP contribution in [0, 0.1) is 18.3 Å². The Kier molecular flexibility index (Phi) is 3.83. The van der Waals surface area contributed by atoms with Gasteiger partial charge in [-0.3, -0.25) is 0 Å². The van der Waals surface area contributed by atoms with Crippen molar-refractivity contribution in [3.05, 3.63) is 17.5 Å². The Balaban J connectivity index is 2.68. The minimum absolute atomic E-state index is 0.129. The van der Waals surface area contributed by atoms with E-state index in [0.29, 0.717) is 24.6 Å². The van der Waals surface area contributed by atoms with Gasteiger partial charge < -0.3 is 10.4 Å². The summed E-state index contributed by atoms with van der Waals surface area (Å²) in [6, 6.07) is 3.58. The van der Waals surface area contributed by atoms with Crippen molar-refractivity contribution in [3.63, 3.8) is 0 Å². The first-order valence-electron chi connectivity index (χ1n) is 4.37. The minimum Gasteiger partial charge on any atom is -0.396 e. The third-order valence-corrected chi connectivity index (χ3v) is 1.59. The van der Waals surface area contributed by atoms with E-state index in [4.69, 9.17) is 10.4 Å². The summed E-state index contributed by atoms with van der Waals surface area (Å²) in [5.41, 5.74) is 1.10. The van der Waals surface area contributed by atoms with E-state index in [1.54, 1.807) is 13.0 Å². The molecule has 0 saturated heterocycles. The van der Waals surface area contributed by atoms with E-state index >= 15 is 0 Å². The molecule has 0 aromatic carbocycles. The number of nitriles is 1. The summed E-state index contributed by atoms with van der Waals surface area (Å²) in [7, 11) is 0. The topological polar surface area (TPSA) is 81.8 Å². The van der Waals surface area contributed by atoms with Crippen LogP contribution in [0.15, 0.2) is 6.07 Å². The molecule has 0 aliphatic rings. The van der Waals surface area contributed by atoms with Crippen LogP contribution < -0.4 is 5.32 Å². The Morgan fingerprint density at radius 1 is 1.57 bits per heavy atom. The summed E-state index contributed by atoms with van der Waals surface area (Å²) < 4.78 is 0. The molecule has 0 aliphatic heterocycles. The highest BCUT2D eigenvalue weighted by molar-refractivity contribution is 5.32. The van der Waals surface area contributed by atoms with Gasteiger partial charge in [0.25, 0.3) is 0 Å². The van der Waals surface area contributed by atoms with Crippen LogP contribution in [0.25, 0.3) is 0 Å². The molecule has 5 heteroatoms. The molecule has 0 spiro atoms. The molecule has 0 fully saturated rings. The fraction of sp³-hybridized carbons (Fsp3) is 0.444. The van der Waals surface area contributed by atoms with Gasteiger partial charge in [-0.05, 0) is 19.4 Å². The fourth-order valence-electron chi connectivity index (χ4n) is 0.984. The van der Waals surface area contributed by atoms with Gasteiger partial charge in [0.1, 0.15) is 11.8 Å². The number of aliphatic hydroxyl groups excluding tert-OH is 1. The lowest BCUT2D eigenvalue weighted by Crippen LogP contribution is -2.08. The van der Waals surface area contributed by atoms with Crippen molar-refractivity contribution >= 4 is 5.95 Å². The van der Waals surface area contributed by atoms with Gasteiger partial charge in [-0.25, -0.2) is 9.97 Å². The number of aliphatic hydroxyl groups is 1. The molecule has 1 rings (SSSR count). The molecular weight excluding hydrogens is 180 g/mol. The molecule has 0 saturated carbocycles. The number of nitrogens with zero attached hydrogens (tertiary/aromatic N) is 3. The van der Waals surface area contributed by atoms with Crippen molar-refractivity contribution in [1.29, 1.82) is 5.26 Å². The maximum atomic E-state index is 8.65. The minimum atomic E-state index is 0.129. The maximum absolute atomic E-state index is 8.65. The van der Waals surface area contributed by atoms with Crippen molar-refractivity contribution in [2.45, 2.75) is 13.3 Å². The standard InChI is InChI=1S/C9H12N4O/c1-7-5-8(6-10)13-9(12-7)11-3-2-4-14/h5,14H,2-4H2,1H3,(H,11,12,13). The highest BCUT2D eigenvalue weighted by atomic mass is 16.3. The summed E-state index contributed by atoms with van der Waals surface area (Å²) in [5.74, 6) is 0.440. The van der Waals surface area contributed by atoms with Crippen LogP contribution in [0.2, 0.25) is 0 Å². The summed E-state index contributed by atoms with van der Waals surface area (Å²) in [5, 5.41) is 20.1. The van der Waals surface area contributed by atoms with Gasteiger partial charge in [-0.15, -0.1) is 0 Å². The zero-order valence-corrected chi connectivity index (χ0v) is 7.99. The summed E-state index contributed by atoms with van der Waals surface area (Å²) in [6.07, 6.45) is 0.638. The number of nitrogens with one attached hydrogen (secondary N) is 1. The smallest absolute Gasteiger partial charge is 0.224 e. The van der Waals surface area contributed by atoms with Crippen LogP contribution in [-0.2, 0) is 0 Å². The third kappa shape index (κ3) is 2.99. The van der Waals surface area contributed by atoms with Crippen LogP contribution in [0.3, 0.4) is 0 Å². The molecule has 0 unspecified atom stereocenters. The second-order valence-corrected chi connectivity index (χ2v) is 2.83. The second kappa shape index (κ2) is 5.14. The van der Waals surface area contributed by atoms with E-state index < -0.39 is 0 Å². The highest BCUT2D eigenvalue weighted by Crippen LogP contribution is 2.03. The Bertz CT molecular complexity index is 345. The largest absolute Gasteiger partial charge is 0.396 e. The van der Waals surface area contributed by atoms with Gasteiger partial charge in [0.05, 0.1) is 0 Å². The van der Waals surface area contributed by atoms with Crippen molar-refractivity contribution < 1.29 is 5.11 Å². The predicted molar refractivity (Wildman–Crippen MR) is 51.7 cm³/mol. The number of aromatic nitrogens is 2. The molecule has 2 N–H and O–H groups in total. The Labute approximate surface area is 82.4 Å². The number of hydrogen-bond acceptors (Lipinski definition) is 5. The van der Waals surface area contributed by atoms with E-state index in [1.165, 1.54) is 0 Å². The Morgan fingerprint density at radius 3 is 3.00 bits per heavy atom. The quantitative estimate of drug-likeness (QED) is 0.677. The Hall–Kier alpha value is -1.67. The average molecular weight is 192 g/mol. The molecule has 1 aromatic heterocycles. The lowest BCUT2D eigenvalue weighted by molar-refractivity contribution is 0.292. The molecule has 14 heavy (non-hydrogen) atoms. The maximum Gasteiger partial charge on any atom is 0.224 e. The van der Waals surface area contributed by atoms with Crippen molar-refractivity contribution in [2.24, 2.45) is 0 Å². The molecule has 0 radical (unpaired) electrons. The molecule has 74 valence electrons. The van der Waals surface area contributed by atoms with Gasteiger partial charge in [0.2, 0.25) is 5.95 Å². The SMILES string of the molecule is Cc1cc(C#N)nc(NCCCO)n1. The number of aryl methyl sites for hydroxylation is 1. The fourth-order valence-corrected chi connectivity index (χ4v) is 0.984. The van der Waals surface area contributed by atoms with E-state index in [2.05, 4.69) is 15.3 Å². The zero-order valence-electron chi connectivity index (χ0n) is 7.99. The van der Waals surface area contributed by atoms with Gasteiger partial charge in [-0.1, -0.05) is 0 Å². The van der Waals surface area contributed by atoms with Gasteiger partial charge in [-0.2, -0.15) is 5.26 Å². The monoisotopic (exact) mass is 192 g/mol. The molecule has 1 aromatic rings. The van der Waals surface area contributed by atoms with Crippen molar-refractivity contribution in [1.82, 2.24) is 9.97 Å². The van der Waals surface area contributed by atoms with Crippen LogP contribution in [0.5, 0.6) is 0 Å². The van der Waals surface area contributed by atoms with Crippen LogP contribution in [-0.4, -0.2) is 28.2 Å². The first-order chi connectivity index (χ1) is 6.76. The van der Waals surface area contributed by atoms with Crippen molar-refractivity contribution in [2.75, 3.05) is 18.5 Å². The van der Waals surface area contributed by atoms with Gasteiger partial charge in [0, 0.05) is 18.8 Å². The van der Waals surface area contributed by atoms with Gasteiger partial charge >= 0.3 is 0 Å². The van der Waals surface area contributed by atoms with E-state index in [-0.39, 0.29) is 6.61 Å². The third-order valence-electron chi connectivity index (χ3n) is 1.59. The first kappa shape index (κ1) is 10.4. The normalized spacial score (nSPS) is 9.50. The average Bonchev–Trinajstić information content (AvgIpc) is 2.17. The van der Waals surface area contributed by atoms with Crippen LogP contribution in [0.1, 0.15) is 17.8 Å². The Morgan fingerprint density at radius 2 is 2.36 bits per heavy atom. The van der Waals surface area contributed by atoms with E-state index in [0.717, 1.165) is 5.69 Å². The van der Waals surface area contributed by atoms with Gasteiger partial charge in [0.15, 0.2) is 0 Å². The predicted octanol–water partition coefficient (Wildman–Crippen LogP) is 0.451. The molecule has 1 heterocycles. The number of rotatable bonds is 4. The van der Waals surface area contributed by atoms with E-state index in [1.807, 2.05) is 6.07 Å². The molecule has 0 amide bonds. The molecule has 0 bridgehead atoms. The number of hydrogen-bond donors (Lipinski definition) is 2. The molecular formula is C9H12N4O. The van der Waals surface area contributed by atoms with Crippen LogP contribution >= 0.6 is 0 Å². The number of anilines is 1. The highest BCUT2D eigenvalue weighted by Gasteiger charge is 1.99. The molecule has 0 aliphatic carbocycles. The lowest BCUT2D eigenvalue weighted by Gasteiger charge is -2.03. The lowest BCUT2D eigenvalue weighted by atomic mass is 10.3. The zero-order chi connectivity index (χ0) is 10.4. The summed E-state index contributed by atoms with van der Waals surface area (Å²) in [4.78, 5) is 8.06. The molecule has 5 nitrogen and oxygen atoms in total. The molecule has 0 atom stereocenters. The first-order valence-corrected chi connectivity index (χ1v) is 4.37.